The Morgan fingerprint density at radius 1 is 1.17 bits per heavy atom. The molecule has 0 aliphatic carbocycles. The lowest BCUT2D eigenvalue weighted by molar-refractivity contribution is 0.0658. The number of hydrogen-bond acceptors (Lipinski definition) is 6. The first-order chi connectivity index (χ1) is 14.0. The highest BCUT2D eigenvalue weighted by molar-refractivity contribution is 7.89. The van der Waals surface area contributed by atoms with E-state index < -0.39 is 10.0 Å². The Morgan fingerprint density at radius 3 is 2.55 bits per heavy atom. The predicted molar refractivity (Wildman–Crippen MR) is 107 cm³/mol. The summed E-state index contributed by atoms with van der Waals surface area (Å²) in [6, 6.07) is 6.41. The first-order valence-electron chi connectivity index (χ1n) is 9.19. The van der Waals surface area contributed by atoms with Crippen molar-refractivity contribution in [3.63, 3.8) is 0 Å². The van der Waals surface area contributed by atoms with Crippen LogP contribution in [0.3, 0.4) is 0 Å². The van der Waals surface area contributed by atoms with Crippen molar-refractivity contribution in [3.8, 4) is 0 Å². The van der Waals surface area contributed by atoms with E-state index >= 15 is 0 Å². The predicted octanol–water partition coefficient (Wildman–Crippen LogP) is -0.0137. The summed E-state index contributed by atoms with van der Waals surface area (Å²) >= 11 is 0. The van der Waals surface area contributed by atoms with Crippen molar-refractivity contribution >= 4 is 21.9 Å². The molecule has 1 saturated heterocycles. The van der Waals surface area contributed by atoms with Crippen LogP contribution in [0.5, 0.6) is 0 Å². The third-order valence-corrected chi connectivity index (χ3v) is 5.90. The van der Waals surface area contributed by atoms with Crippen LogP contribution in [0, 0.1) is 0 Å². The fourth-order valence-electron chi connectivity index (χ4n) is 2.96. The maximum absolute atomic E-state index is 12.3. The van der Waals surface area contributed by atoms with Gasteiger partial charge in [0.15, 0.2) is 11.7 Å². The first kappa shape index (κ1) is 20.8. The number of guanidine groups is 1. The number of furan rings is 1. The number of aliphatic imine (C=N–C) groups is 1. The Hall–Kier alpha value is -2.92. The highest BCUT2D eigenvalue weighted by Gasteiger charge is 2.25. The molecule has 0 bridgehead atoms. The van der Waals surface area contributed by atoms with Gasteiger partial charge in [-0.3, -0.25) is 14.8 Å². The molecule has 0 radical (unpaired) electrons. The van der Waals surface area contributed by atoms with Gasteiger partial charge < -0.3 is 19.5 Å². The van der Waals surface area contributed by atoms with Gasteiger partial charge in [-0.15, -0.1) is 0 Å². The fourth-order valence-corrected chi connectivity index (χ4v) is 3.95. The molecule has 3 heterocycles. The maximum atomic E-state index is 12.3. The molecule has 1 aliphatic heterocycles. The van der Waals surface area contributed by atoms with Crippen LogP contribution < -0.4 is 10.0 Å². The third kappa shape index (κ3) is 5.33. The number of carbonyl (C=O) groups excluding carboxylic acids is 1. The molecule has 2 aromatic rings. The van der Waals surface area contributed by atoms with E-state index in [0.717, 1.165) is 0 Å². The van der Waals surface area contributed by atoms with E-state index in [2.05, 4.69) is 20.0 Å². The van der Waals surface area contributed by atoms with Gasteiger partial charge in [0.25, 0.3) is 5.91 Å². The number of pyridine rings is 1. The highest BCUT2D eigenvalue weighted by Crippen LogP contribution is 2.09. The monoisotopic (exact) mass is 420 g/mol. The normalized spacial score (nSPS) is 15.4. The van der Waals surface area contributed by atoms with Crippen molar-refractivity contribution < 1.29 is 17.6 Å². The summed E-state index contributed by atoms with van der Waals surface area (Å²) in [5.41, 5.74) is 0. The minimum atomic E-state index is -3.59. The number of hydrogen-bond donors (Lipinski definition) is 2. The number of carbonyl (C=O) groups is 1. The Kier molecular flexibility index (Phi) is 6.83. The zero-order chi connectivity index (χ0) is 20.7. The number of nitrogens with zero attached hydrogens (tertiary/aromatic N) is 4. The molecule has 0 atom stereocenters. The van der Waals surface area contributed by atoms with Gasteiger partial charge in [0.1, 0.15) is 4.90 Å². The van der Waals surface area contributed by atoms with E-state index in [-0.39, 0.29) is 17.3 Å². The Labute approximate surface area is 169 Å². The minimum absolute atomic E-state index is 0.123. The van der Waals surface area contributed by atoms with Crippen molar-refractivity contribution in [2.75, 3.05) is 46.3 Å². The van der Waals surface area contributed by atoms with Crippen LogP contribution in [0.2, 0.25) is 0 Å². The number of rotatable bonds is 6. The molecule has 2 N–H and O–H groups in total. The van der Waals surface area contributed by atoms with Gasteiger partial charge in [-0.1, -0.05) is 0 Å². The van der Waals surface area contributed by atoms with Crippen molar-refractivity contribution in [1.82, 2.24) is 24.8 Å². The molecule has 2 aromatic heterocycles. The molecule has 1 aliphatic rings. The van der Waals surface area contributed by atoms with Crippen LogP contribution >= 0.6 is 0 Å². The molecule has 156 valence electrons. The third-order valence-electron chi connectivity index (χ3n) is 4.46. The molecule has 10 nitrogen and oxygen atoms in total. The van der Waals surface area contributed by atoms with Gasteiger partial charge in [-0.05, 0) is 24.3 Å². The molecule has 0 unspecified atom stereocenters. The average molecular weight is 420 g/mol. The van der Waals surface area contributed by atoms with Crippen molar-refractivity contribution in [2.45, 2.75) is 4.90 Å². The summed E-state index contributed by atoms with van der Waals surface area (Å²) in [7, 11) is -1.92. The van der Waals surface area contributed by atoms with E-state index in [1.54, 1.807) is 30.1 Å². The van der Waals surface area contributed by atoms with Crippen LogP contribution in [0.4, 0.5) is 0 Å². The van der Waals surface area contributed by atoms with E-state index in [9.17, 15) is 13.2 Å². The second-order valence-corrected chi connectivity index (χ2v) is 8.08. The van der Waals surface area contributed by atoms with E-state index in [4.69, 9.17) is 4.42 Å². The largest absolute Gasteiger partial charge is 0.459 e. The van der Waals surface area contributed by atoms with Crippen LogP contribution in [-0.2, 0) is 10.0 Å². The SMILES string of the molecule is CN=C(NCCNS(=O)(=O)c1cccnc1)N1CCN(C(=O)c2ccco2)CC1. The summed E-state index contributed by atoms with van der Waals surface area (Å²) in [6.07, 6.45) is 4.31. The van der Waals surface area contributed by atoms with Crippen LogP contribution in [-0.4, -0.2) is 81.4 Å². The molecule has 3 rings (SSSR count). The molecule has 29 heavy (non-hydrogen) atoms. The van der Waals surface area contributed by atoms with Gasteiger partial charge in [0.2, 0.25) is 10.0 Å². The van der Waals surface area contributed by atoms with E-state index in [1.165, 1.54) is 24.7 Å². The van der Waals surface area contributed by atoms with E-state index in [1.807, 2.05) is 4.90 Å². The Morgan fingerprint density at radius 2 is 1.93 bits per heavy atom. The second kappa shape index (κ2) is 9.52. The molecule has 0 saturated carbocycles. The smallest absolute Gasteiger partial charge is 0.289 e. The topological polar surface area (TPSA) is 120 Å². The zero-order valence-corrected chi connectivity index (χ0v) is 16.9. The highest BCUT2D eigenvalue weighted by atomic mass is 32.2. The first-order valence-corrected chi connectivity index (χ1v) is 10.7. The Bertz CT molecular complexity index is 923. The summed E-state index contributed by atoms with van der Waals surface area (Å²) in [5, 5.41) is 3.15. The van der Waals surface area contributed by atoms with Crippen molar-refractivity contribution in [1.29, 1.82) is 0 Å². The summed E-state index contributed by atoms with van der Waals surface area (Å²) < 4.78 is 32.1. The number of piperazine rings is 1. The Balaban J connectivity index is 1.44. The minimum Gasteiger partial charge on any atom is -0.459 e. The van der Waals surface area contributed by atoms with Crippen LogP contribution in [0.1, 0.15) is 10.6 Å². The molecule has 11 heteroatoms. The number of nitrogens with one attached hydrogen (secondary N) is 2. The van der Waals surface area contributed by atoms with Crippen LogP contribution in [0.25, 0.3) is 0 Å². The van der Waals surface area contributed by atoms with Gasteiger partial charge >= 0.3 is 0 Å². The number of aromatic nitrogens is 1. The quantitative estimate of drug-likeness (QED) is 0.383. The number of sulfonamides is 1. The van der Waals surface area contributed by atoms with Crippen LogP contribution in [0.15, 0.2) is 57.2 Å². The fraction of sp³-hybridized carbons (Fsp3) is 0.389. The molecule has 1 amide bonds. The van der Waals surface area contributed by atoms with Crippen molar-refractivity contribution in [2.24, 2.45) is 4.99 Å². The lowest BCUT2D eigenvalue weighted by Gasteiger charge is -2.36. The maximum Gasteiger partial charge on any atom is 0.289 e. The van der Waals surface area contributed by atoms with Crippen molar-refractivity contribution in [3.05, 3.63) is 48.7 Å². The van der Waals surface area contributed by atoms with E-state index in [0.29, 0.717) is 44.4 Å². The second-order valence-electron chi connectivity index (χ2n) is 6.32. The van der Waals surface area contributed by atoms with Gasteiger partial charge in [0.05, 0.1) is 6.26 Å². The van der Waals surface area contributed by atoms with Gasteiger partial charge in [-0.2, -0.15) is 0 Å². The summed E-state index contributed by atoms with van der Waals surface area (Å²) in [6.45, 7) is 2.91. The summed E-state index contributed by atoms with van der Waals surface area (Å²) in [4.78, 5) is 24.3. The summed E-state index contributed by atoms with van der Waals surface area (Å²) in [5.74, 6) is 0.875. The number of amides is 1. The lowest BCUT2D eigenvalue weighted by Crippen LogP contribution is -2.54. The lowest BCUT2D eigenvalue weighted by atomic mass is 10.3. The molecule has 0 spiro atoms. The van der Waals surface area contributed by atoms with Gasteiger partial charge in [0, 0.05) is 58.7 Å². The average Bonchev–Trinajstić information content (AvgIpc) is 3.29. The molecular formula is C18H24N6O4S. The molecule has 0 aromatic carbocycles. The molecular weight excluding hydrogens is 396 g/mol. The molecule has 1 fully saturated rings. The standard InChI is InChI=1S/C18H24N6O4S/c1-19-18(21-7-8-22-29(26,27)15-4-2-6-20-14-15)24-11-9-23(10-12-24)17(25)16-5-3-13-28-16/h2-6,13-14,22H,7-12H2,1H3,(H,19,21). The zero-order valence-electron chi connectivity index (χ0n) is 16.1. The van der Waals surface area contributed by atoms with Gasteiger partial charge in [-0.25, -0.2) is 13.1 Å².